The molecule has 0 amide bonds. The van der Waals surface area contributed by atoms with E-state index in [1.54, 1.807) is 0 Å². The van der Waals surface area contributed by atoms with Gasteiger partial charge in [0.2, 0.25) is 5.95 Å². The highest BCUT2D eigenvalue weighted by atomic mass is 15.4. The summed E-state index contributed by atoms with van der Waals surface area (Å²) in [5.41, 5.74) is 6.47. The van der Waals surface area contributed by atoms with Gasteiger partial charge in [0.1, 0.15) is 5.82 Å². The lowest BCUT2D eigenvalue weighted by atomic mass is 10.0. The summed E-state index contributed by atoms with van der Waals surface area (Å²) in [7, 11) is 0. The maximum Gasteiger partial charge on any atom is 0.240 e. The van der Waals surface area contributed by atoms with Gasteiger partial charge in [0.15, 0.2) is 5.65 Å². The minimum absolute atomic E-state index is 0.336. The van der Waals surface area contributed by atoms with Crippen LogP contribution in [-0.2, 0) is 0 Å². The van der Waals surface area contributed by atoms with Crippen LogP contribution >= 0.6 is 0 Å². The summed E-state index contributed by atoms with van der Waals surface area (Å²) < 4.78 is 1.84. The second-order valence-corrected chi connectivity index (χ2v) is 4.82. The molecule has 1 aliphatic rings. The summed E-state index contributed by atoms with van der Waals surface area (Å²) in [6, 6.07) is 6.03. The van der Waals surface area contributed by atoms with Crippen LogP contribution in [0.4, 0.5) is 11.8 Å². The Morgan fingerprint density at radius 3 is 3.12 bits per heavy atom. The maximum atomic E-state index is 5.65. The van der Waals surface area contributed by atoms with Crippen LogP contribution in [0.5, 0.6) is 0 Å². The van der Waals surface area contributed by atoms with Gasteiger partial charge in [-0.15, -0.1) is 5.10 Å². The Morgan fingerprint density at radius 2 is 2.29 bits per heavy atom. The van der Waals surface area contributed by atoms with Gasteiger partial charge in [-0.25, -0.2) is 0 Å². The van der Waals surface area contributed by atoms with Crippen LogP contribution in [0.3, 0.4) is 0 Å². The highest BCUT2D eigenvalue weighted by Crippen LogP contribution is 2.23. The first-order valence-electron chi connectivity index (χ1n) is 6.10. The molecule has 0 bridgehead atoms. The Labute approximate surface area is 100 Å². The number of aromatic nitrogens is 3. The molecule has 5 heteroatoms. The predicted molar refractivity (Wildman–Crippen MR) is 68.0 cm³/mol. The van der Waals surface area contributed by atoms with E-state index in [1.165, 1.54) is 12.8 Å². The Morgan fingerprint density at radius 1 is 1.41 bits per heavy atom. The van der Waals surface area contributed by atoms with E-state index in [0.29, 0.717) is 5.95 Å². The van der Waals surface area contributed by atoms with Crippen molar-refractivity contribution in [3.05, 3.63) is 18.2 Å². The van der Waals surface area contributed by atoms with Crippen LogP contribution in [-0.4, -0.2) is 27.7 Å². The molecule has 2 aromatic rings. The van der Waals surface area contributed by atoms with Crippen molar-refractivity contribution in [3.8, 4) is 0 Å². The third-order valence-corrected chi connectivity index (χ3v) is 3.34. The Balaban J connectivity index is 2.04. The molecule has 0 saturated carbocycles. The molecule has 1 aliphatic heterocycles. The lowest BCUT2D eigenvalue weighted by Gasteiger charge is -2.32. The van der Waals surface area contributed by atoms with Crippen LogP contribution in [0.15, 0.2) is 18.2 Å². The van der Waals surface area contributed by atoms with E-state index in [-0.39, 0.29) is 0 Å². The standard InChI is InChI=1S/C12H17N5/c1-9-4-3-7-16(8-9)11-6-2-5-10-14-12(13)15-17(10)11/h2,5-6,9H,3-4,7-8H2,1H3,(H2,13,15)/t9-/m1/s1. The summed E-state index contributed by atoms with van der Waals surface area (Å²) in [4.78, 5) is 6.56. The second-order valence-electron chi connectivity index (χ2n) is 4.82. The third kappa shape index (κ3) is 1.81. The monoisotopic (exact) mass is 231 g/mol. The number of rotatable bonds is 1. The van der Waals surface area contributed by atoms with Gasteiger partial charge in [-0.1, -0.05) is 13.0 Å². The molecule has 3 heterocycles. The summed E-state index contributed by atoms with van der Waals surface area (Å²) in [5, 5.41) is 4.26. The zero-order valence-electron chi connectivity index (χ0n) is 10.0. The molecular formula is C12H17N5. The minimum atomic E-state index is 0.336. The molecule has 0 radical (unpaired) electrons. The first kappa shape index (κ1) is 10.4. The first-order valence-corrected chi connectivity index (χ1v) is 6.10. The largest absolute Gasteiger partial charge is 0.366 e. The van der Waals surface area contributed by atoms with Gasteiger partial charge in [-0.2, -0.15) is 9.50 Å². The fourth-order valence-electron chi connectivity index (χ4n) is 2.54. The second kappa shape index (κ2) is 3.91. The van der Waals surface area contributed by atoms with Crippen molar-refractivity contribution in [1.29, 1.82) is 0 Å². The number of hydrogen-bond donors (Lipinski definition) is 1. The van der Waals surface area contributed by atoms with Gasteiger partial charge in [-0.05, 0) is 30.9 Å². The number of piperidine rings is 1. The lowest BCUT2D eigenvalue weighted by molar-refractivity contribution is 0.443. The average Bonchev–Trinajstić information content (AvgIpc) is 2.68. The molecule has 3 rings (SSSR count). The topological polar surface area (TPSA) is 59.5 Å². The van der Waals surface area contributed by atoms with Gasteiger partial charge in [0.25, 0.3) is 0 Å². The molecule has 0 aliphatic carbocycles. The van der Waals surface area contributed by atoms with E-state index in [1.807, 2.05) is 16.6 Å². The summed E-state index contributed by atoms with van der Waals surface area (Å²) in [5.74, 6) is 2.17. The lowest BCUT2D eigenvalue weighted by Crippen LogP contribution is -2.35. The van der Waals surface area contributed by atoms with Crippen molar-refractivity contribution >= 4 is 17.4 Å². The van der Waals surface area contributed by atoms with Crippen molar-refractivity contribution in [2.24, 2.45) is 5.92 Å². The van der Waals surface area contributed by atoms with Crippen LogP contribution in [0, 0.1) is 5.92 Å². The summed E-state index contributed by atoms with van der Waals surface area (Å²) in [6.07, 6.45) is 2.55. The van der Waals surface area contributed by atoms with Crippen LogP contribution in [0.25, 0.3) is 5.65 Å². The fraction of sp³-hybridized carbons (Fsp3) is 0.500. The number of pyridine rings is 1. The van der Waals surface area contributed by atoms with Crippen molar-refractivity contribution in [2.75, 3.05) is 23.7 Å². The molecule has 17 heavy (non-hydrogen) atoms. The van der Waals surface area contributed by atoms with Gasteiger partial charge < -0.3 is 10.6 Å². The van der Waals surface area contributed by atoms with E-state index in [9.17, 15) is 0 Å². The zero-order valence-corrected chi connectivity index (χ0v) is 10.0. The SMILES string of the molecule is C[C@@H]1CCCN(c2cccc3nc(N)nn23)C1. The number of anilines is 2. The van der Waals surface area contributed by atoms with Crippen molar-refractivity contribution < 1.29 is 0 Å². The number of fused-ring (bicyclic) bond motifs is 1. The summed E-state index contributed by atoms with van der Waals surface area (Å²) >= 11 is 0. The fourth-order valence-corrected chi connectivity index (χ4v) is 2.54. The zero-order chi connectivity index (χ0) is 11.8. The Bertz CT molecular complexity index is 533. The molecule has 5 nitrogen and oxygen atoms in total. The van der Waals surface area contributed by atoms with E-state index in [2.05, 4.69) is 28.0 Å². The molecular weight excluding hydrogens is 214 g/mol. The van der Waals surface area contributed by atoms with Crippen LogP contribution in [0.1, 0.15) is 19.8 Å². The van der Waals surface area contributed by atoms with Crippen LogP contribution < -0.4 is 10.6 Å². The summed E-state index contributed by atoms with van der Waals surface area (Å²) in [6.45, 7) is 4.46. The van der Waals surface area contributed by atoms with Crippen molar-refractivity contribution in [2.45, 2.75) is 19.8 Å². The number of hydrogen-bond acceptors (Lipinski definition) is 4. The molecule has 0 unspecified atom stereocenters. The number of nitrogens with zero attached hydrogens (tertiary/aromatic N) is 4. The predicted octanol–water partition coefficient (Wildman–Crippen LogP) is 1.55. The smallest absolute Gasteiger partial charge is 0.240 e. The normalized spacial score (nSPS) is 21.0. The quantitative estimate of drug-likeness (QED) is 0.809. The highest BCUT2D eigenvalue weighted by molar-refractivity contribution is 5.52. The third-order valence-electron chi connectivity index (χ3n) is 3.34. The molecule has 2 aromatic heterocycles. The highest BCUT2D eigenvalue weighted by Gasteiger charge is 2.19. The van der Waals surface area contributed by atoms with Gasteiger partial charge in [0, 0.05) is 13.1 Å². The number of nitrogen functional groups attached to an aromatic ring is 1. The average molecular weight is 231 g/mol. The van der Waals surface area contributed by atoms with Gasteiger partial charge in [0.05, 0.1) is 0 Å². The van der Waals surface area contributed by atoms with Crippen molar-refractivity contribution in [1.82, 2.24) is 14.6 Å². The van der Waals surface area contributed by atoms with E-state index < -0.39 is 0 Å². The van der Waals surface area contributed by atoms with E-state index in [4.69, 9.17) is 5.73 Å². The van der Waals surface area contributed by atoms with Crippen molar-refractivity contribution in [3.63, 3.8) is 0 Å². The van der Waals surface area contributed by atoms with E-state index in [0.717, 1.165) is 30.5 Å². The Hall–Kier alpha value is -1.78. The molecule has 2 N–H and O–H groups in total. The number of nitrogens with two attached hydrogens (primary N) is 1. The van der Waals surface area contributed by atoms with E-state index >= 15 is 0 Å². The van der Waals surface area contributed by atoms with Gasteiger partial charge >= 0.3 is 0 Å². The first-order chi connectivity index (χ1) is 8.24. The molecule has 1 saturated heterocycles. The Kier molecular flexibility index (Phi) is 2.39. The van der Waals surface area contributed by atoms with Crippen LogP contribution in [0.2, 0.25) is 0 Å². The molecule has 0 aromatic carbocycles. The molecule has 0 spiro atoms. The molecule has 1 fully saturated rings. The minimum Gasteiger partial charge on any atom is -0.366 e. The molecule has 90 valence electrons. The van der Waals surface area contributed by atoms with Gasteiger partial charge in [-0.3, -0.25) is 0 Å². The maximum absolute atomic E-state index is 5.65. The molecule has 1 atom stereocenters.